The summed E-state index contributed by atoms with van der Waals surface area (Å²) in [7, 11) is 0. The van der Waals surface area contributed by atoms with Crippen molar-refractivity contribution in [1.82, 2.24) is 4.90 Å². The van der Waals surface area contributed by atoms with Crippen molar-refractivity contribution in [2.45, 2.75) is 50.6 Å². The molecule has 2 heterocycles. The highest BCUT2D eigenvalue weighted by molar-refractivity contribution is 9.10. The van der Waals surface area contributed by atoms with Gasteiger partial charge in [0.1, 0.15) is 23.0 Å². The minimum atomic E-state index is -1.10. The molecule has 0 aromatic heterocycles. The fraction of sp³-hybridized carbons (Fsp3) is 0.360. The number of anilines is 1. The Morgan fingerprint density at radius 3 is 2.57 bits per heavy atom. The number of nitrogens with one attached hydrogen (secondary N) is 1. The average molecular weight is 555 g/mol. The highest BCUT2D eigenvalue weighted by atomic mass is 79.9. The van der Waals surface area contributed by atoms with Crippen LogP contribution >= 0.6 is 15.9 Å². The van der Waals surface area contributed by atoms with Crippen LogP contribution in [0.25, 0.3) is 0 Å². The third-order valence-electron chi connectivity index (χ3n) is 6.82. The quantitative estimate of drug-likeness (QED) is 0.294. The lowest BCUT2D eigenvalue weighted by Crippen LogP contribution is -2.52. The number of ketones is 1. The number of aliphatic hydroxyl groups is 1. The molecule has 1 amide bonds. The van der Waals surface area contributed by atoms with Crippen molar-refractivity contribution in [2.24, 2.45) is 0 Å². The van der Waals surface area contributed by atoms with Crippen LogP contribution in [0.15, 0.2) is 46.1 Å². The molecule has 186 valence electrons. The van der Waals surface area contributed by atoms with Crippen LogP contribution in [-0.2, 0) is 16.0 Å². The average Bonchev–Trinajstić information content (AvgIpc) is 3.19. The van der Waals surface area contributed by atoms with Crippen molar-refractivity contribution in [3.05, 3.63) is 75.0 Å². The molecule has 0 bridgehead atoms. The lowest BCUT2D eigenvalue weighted by Gasteiger charge is -2.42. The molecule has 2 unspecified atom stereocenters. The van der Waals surface area contributed by atoms with E-state index in [1.54, 1.807) is 6.92 Å². The van der Waals surface area contributed by atoms with Gasteiger partial charge in [-0.3, -0.25) is 14.5 Å². The van der Waals surface area contributed by atoms with E-state index in [1.165, 1.54) is 12.1 Å². The third kappa shape index (κ3) is 4.73. The Kier molecular flexibility index (Phi) is 7.06. The normalized spacial score (nSPS) is 25.2. The SMILES string of the molecule is CC12CCCN1C(Cc1cccc(F)c1F)CCC(=O)/C(C(=O)Nc1cc(F)c(Br)c(F)c1)=C\2O. The van der Waals surface area contributed by atoms with Crippen molar-refractivity contribution in [1.29, 1.82) is 0 Å². The molecule has 1 saturated heterocycles. The summed E-state index contributed by atoms with van der Waals surface area (Å²) in [5.41, 5.74) is -1.62. The molecular formula is C25H23BrF4N2O3. The second kappa shape index (κ2) is 9.73. The molecule has 0 radical (unpaired) electrons. The summed E-state index contributed by atoms with van der Waals surface area (Å²) in [6, 6.07) is 5.33. The van der Waals surface area contributed by atoms with Gasteiger partial charge in [-0.25, -0.2) is 17.6 Å². The van der Waals surface area contributed by atoms with Crippen LogP contribution in [0.1, 0.15) is 38.2 Å². The number of carbonyl (C=O) groups is 2. The van der Waals surface area contributed by atoms with E-state index >= 15 is 0 Å². The van der Waals surface area contributed by atoms with E-state index in [-0.39, 0.29) is 36.6 Å². The Morgan fingerprint density at radius 2 is 1.89 bits per heavy atom. The summed E-state index contributed by atoms with van der Waals surface area (Å²) in [6.07, 6.45) is 1.31. The number of fused-ring (bicyclic) bond motifs is 1. The zero-order valence-electron chi connectivity index (χ0n) is 18.8. The van der Waals surface area contributed by atoms with Gasteiger partial charge < -0.3 is 10.4 Å². The molecule has 2 aromatic rings. The van der Waals surface area contributed by atoms with Gasteiger partial charge in [0.25, 0.3) is 5.91 Å². The first kappa shape index (κ1) is 25.4. The first-order valence-electron chi connectivity index (χ1n) is 11.2. The van der Waals surface area contributed by atoms with Crippen molar-refractivity contribution >= 4 is 33.3 Å². The van der Waals surface area contributed by atoms with Crippen LogP contribution in [0.3, 0.4) is 0 Å². The number of hydrogen-bond donors (Lipinski definition) is 2. The Hall–Kier alpha value is -2.72. The van der Waals surface area contributed by atoms with Crippen molar-refractivity contribution in [3.8, 4) is 0 Å². The summed E-state index contributed by atoms with van der Waals surface area (Å²) in [6.45, 7) is 2.21. The van der Waals surface area contributed by atoms with E-state index in [2.05, 4.69) is 21.2 Å². The van der Waals surface area contributed by atoms with Crippen molar-refractivity contribution in [2.75, 3.05) is 11.9 Å². The predicted molar refractivity (Wildman–Crippen MR) is 125 cm³/mol. The lowest BCUT2D eigenvalue weighted by molar-refractivity contribution is -0.121. The Labute approximate surface area is 207 Å². The van der Waals surface area contributed by atoms with Crippen LogP contribution in [0.4, 0.5) is 23.2 Å². The van der Waals surface area contributed by atoms with E-state index < -0.39 is 56.3 Å². The number of halogens is 5. The molecule has 2 N–H and O–H groups in total. The third-order valence-corrected chi connectivity index (χ3v) is 7.58. The van der Waals surface area contributed by atoms with E-state index in [4.69, 9.17) is 0 Å². The molecule has 5 nitrogen and oxygen atoms in total. The second-order valence-electron chi connectivity index (χ2n) is 9.04. The first-order chi connectivity index (χ1) is 16.5. The van der Waals surface area contributed by atoms with Gasteiger partial charge in [-0.1, -0.05) is 12.1 Å². The van der Waals surface area contributed by atoms with Gasteiger partial charge in [0, 0.05) is 18.2 Å². The summed E-state index contributed by atoms with van der Waals surface area (Å²) < 4.78 is 55.5. The molecule has 0 spiro atoms. The maximum absolute atomic E-state index is 14.4. The van der Waals surface area contributed by atoms with Gasteiger partial charge in [-0.05, 0) is 78.8 Å². The number of Topliss-reactive ketones (excluding diaryl/α,β-unsaturated/α-hetero) is 1. The van der Waals surface area contributed by atoms with Gasteiger partial charge in [0.15, 0.2) is 17.4 Å². The van der Waals surface area contributed by atoms with Gasteiger partial charge in [-0.15, -0.1) is 0 Å². The Morgan fingerprint density at radius 1 is 1.20 bits per heavy atom. The second-order valence-corrected chi connectivity index (χ2v) is 9.83. The smallest absolute Gasteiger partial charge is 0.262 e. The van der Waals surface area contributed by atoms with Crippen molar-refractivity contribution < 1.29 is 32.3 Å². The molecule has 1 fully saturated rings. The van der Waals surface area contributed by atoms with E-state index in [1.807, 2.05) is 4.90 Å². The molecule has 10 heteroatoms. The van der Waals surface area contributed by atoms with E-state index in [9.17, 15) is 32.3 Å². The molecule has 2 aliphatic rings. The minimum absolute atomic E-state index is 0.124. The Balaban J connectivity index is 1.68. The number of aliphatic hydroxyl groups excluding tert-OH is 1. The number of nitrogens with zero attached hydrogens (tertiary/aromatic N) is 1. The summed E-state index contributed by atoms with van der Waals surface area (Å²) in [5, 5.41) is 13.5. The monoisotopic (exact) mass is 554 g/mol. The summed E-state index contributed by atoms with van der Waals surface area (Å²) in [4.78, 5) is 28.0. The molecule has 2 aliphatic heterocycles. The highest BCUT2D eigenvalue weighted by Gasteiger charge is 2.48. The van der Waals surface area contributed by atoms with Gasteiger partial charge in [0.05, 0.1) is 10.0 Å². The molecular weight excluding hydrogens is 532 g/mol. The molecule has 2 aromatic carbocycles. The molecule has 0 aliphatic carbocycles. The highest BCUT2D eigenvalue weighted by Crippen LogP contribution is 2.41. The molecule has 0 saturated carbocycles. The zero-order valence-corrected chi connectivity index (χ0v) is 20.4. The topological polar surface area (TPSA) is 69.6 Å². The van der Waals surface area contributed by atoms with E-state index in [0.717, 1.165) is 18.2 Å². The molecule has 2 atom stereocenters. The number of rotatable bonds is 4. The number of hydrogen-bond acceptors (Lipinski definition) is 4. The lowest BCUT2D eigenvalue weighted by atomic mass is 9.84. The van der Waals surface area contributed by atoms with Gasteiger partial charge >= 0.3 is 0 Å². The van der Waals surface area contributed by atoms with Crippen LogP contribution in [0.2, 0.25) is 0 Å². The van der Waals surface area contributed by atoms with Crippen LogP contribution in [0.5, 0.6) is 0 Å². The minimum Gasteiger partial charge on any atom is -0.509 e. The van der Waals surface area contributed by atoms with Gasteiger partial charge in [0.2, 0.25) is 0 Å². The Bertz CT molecular complexity index is 1210. The van der Waals surface area contributed by atoms with Crippen LogP contribution in [0, 0.1) is 23.3 Å². The standard InChI is InChI=1S/C25H23BrF4N2O3/c1-25-8-3-9-32(25)15(10-13-4-2-5-16(27)22(13)30)6-7-19(33)20(23(25)34)24(35)31-14-11-17(28)21(26)18(29)12-14/h2,4-5,11-12,15,34H,3,6-10H2,1H3,(H,31,35)/b23-20-. The number of benzene rings is 2. The predicted octanol–water partition coefficient (Wildman–Crippen LogP) is 5.58. The largest absolute Gasteiger partial charge is 0.509 e. The van der Waals surface area contributed by atoms with E-state index in [0.29, 0.717) is 19.4 Å². The maximum Gasteiger partial charge on any atom is 0.262 e. The molecule has 35 heavy (non-hydrogen) atoms. The summed E-state index contributed by atoms with van der Waals surface area (Å²) >= 11 is 2.75. The van der Waals surface area contributed by atoms with Crippen molar-refractivity contribution in [3.63, 3.8) is 0 Å². The van der Waals surface area contributed by atoms with Crippen LogP contribution < -0.4 is 5.32 Å². The number of carbonyl (C=O) groups excluding carboxylic acids is 2. The van der Waals surface area contributed by atoms with Crippen LogP contribution in [-0.4, -0.2) is 39.8 Å². The summed E-state index contributed by atoms with van der Waals surface area (Å²) in [5.74, 6) is -5.86. The maximum atomic E-state index is 14.4. The fourth-order valence-corrected chi connectivity index (χ4v) is 5.26. The van der Waals surface area contributed by atoms with Gasteiger partial charge in [-0.2, -0.15) is 0 Å². The zero-order chi connectivity index (χ0) is 25.5. The number of amides is 1. The fourth-order valence-electron chi connectivity index (χ4n) is 5.03. The molecule has 4 rings (SSSR count). The first-order valence-corrected chi connectivity index (χ1v) is 11.9.